The fourth-order valence-corrected chi connectivity index (χ4v) is 6.64. The zero-order valence-corrected chi connectivity index (χ0v) is 18.9. The largest absolute Gasteiger partial charge is 0.457 e. The average molecular weight is 446 g/mol. The maximum Gasteiger partial charge on any atom is 0.171 e. The van der Waals surface area contributed by atoms with Crippen molar-refractivity contribution in [1.29, 1.82) is 0 Å². The minimum atomic E-state index is -3.00. The van der Waals surface area contributed by atoms with Crippen LogP contribution in [0, 0.1) is 0 Å². The Bertz CT molecular complexity index is 1340. The summed E-state index contributed by atoms with van der Waals surface area (Å²) in [7, 11) is -3.00. The van der Waals surface area contributed by atoms with Gasteiger partial charge in [-0.25, -0.2) is 0 Å². The Hall–Kier alpha value is -3.87. The standard InChI is InChI=1S/C30H23O2P/c31-33(28-14-6-2-7-15-28,29-16-8-3-9-17-29)30-18-10-11-25(23-30)24-19-21-27(22-20-24)32-26-12-4-1-5-13-26/h1-23H. The molecule has 0 saturated carbocycles. The third-order valence-corrected chi connectivity index (χ3v) is 8.67. The Morgan fingerprint density at radius 1 is 0.424 bits per heavy atom. The van der Waals surface area contributed by atoms with Gasteiger partial charge < -0.3 is 9.30 Å². The Morgan fingerprint density at radius 2 is 0.909 bits per heavy atom. The molecule has 0 spiro atoms. The Kier molecular flexibility index (Phi) is 5.93. The maximum absolute atomic E-state index is 14.6. The molecule has 5 aromatic carbocycles. The topological polar surface area (TPSA) is 26.3 Å². The Labute approximate surface area is 194 Å². The molecule has 160 valence electrons. The van der Waals surface area contributed by atoms with Gasteiger partial charge in [0.05, 0.1) is 0 Å². The summed E-state index contributed by atoms with van der Waals surface area (Å²) < 4.78 is 20.6. The molecule has 5 aromatic rings. The summed E-state index contributed by atoms with van der Waals surface area (Å²) in [4.78, 5) is 0. The van der Waals surface area contributed by atoms with Gasteiger partial charge in [-0.05, 0) is 41.5 Å². The molecule has 0 bridgehead atoms. The summed E-state index contributed by atoms with van der Waals surface area (Å²) >= 11 is 0. The number of rotatable bonds is 6. The lowest BCUT2D eigenvalue weighted by Gasteiger charge is -2.20. The van der Waals surface area contributed by atoms with Gasteiger partial charge in [-0.2, -0.15) is 0 Å². The molecule has 0 heterocycles. The summed E-state index contributed by atoms with van der Waals surface area (Å²) in [6.45, 7) is 0. The summed E-state index contributed by atoms with van der Waals surface area (Å²) in [5, 5.41) is 2.49. The third-order valence-electron chi connectivity index (χ3n) is 5.62. The van der Waals surface area contributed by atoms with Gasteiger partial charge in [0.15, 0.2) is 7.14 Å². The lowest BCUT2D eigenvalue weighted by Crippen LogP contribution is -2.25. The lowest BCUT2D eigenvalue weighted by molar-refractivity contribution is 0.483. The van der Waals surface area contributed by atoms with Crippen molar-refractivity contribution in [2.24, 2.45) is 0 Å². The third kappa shape index (κ3) is 4.39. The van der Waals surface area contributed by atoms with Crippen molar-refractivity contribution < 1.29 is 9.30 Å². The Morgan fingerprint density at radius 3 is 1.48 bits per heavy atom. The van der Waals surface area contributed by atoms with Crippen molar-refractivity contribution in [3.05, 3.63) is 140 Å². The summed E-state index contributed by atoms with van der Waals surface area (Å²) in [6, 6.07) is 45.3. The van der Waals surface area contributed by atoms with Gasteiger partial charge in [-0.3, -0.25) is 0 Å². The van der Waals surface area contributed by atoms with Gasteiger partial charge >= 0.3 is 0 Å². The van der Waals surface area contributed by atoms with E-state index in [2.05, 4.69) is 6.07 Å². The van der Waals surface area contributed by atoms with Gasteiger partial charge in [0, 0.05) is 15.9 Å². The molecule has 0 saturated heterocycles. The molecule has 0 amide bonds. The molecule has 2 nitrogen and oxygen atoms in total. The highest BCUT2D eigenvalue weighted by molar-refractivity contribution is 7.85. The van der Waals surface area contributed by atoms with Crippen LogP contribution in [0.2, 0.25) is 0 Å². The van der Waals surface area contributed by atoms with Crippen LogP contribution in [0.25, 0.3) is 11.1 Å². The van der Waals surface area contributed by atoms with E-state index in [1.54, 1.807) is 0 Å². The quantitative estimate of drug-likeness (QED) is 0.269. The predicted octanol–water partition coefficient (Wildman–Crippen LogP) is 6.79. The van der Waals surface area contributed by atoms with Crippen LogP contribution in [-0.2, 0) is 4.57 Å². The van der Waals surface area contributed by atoms with Crippen LogP contribution < -0.4 is 20.7 Å². The van der Waals surface area contributed by atoms with Gasteiger partial charge in [0.25, 0.3) is 0 Å². The number of para-hydroxylation sites is 1. The van der Waals surface area contributed by atoms with E-state index in [1.807, 2.05) is 133 Å². The molecule has 33 heavy (non-hydrogen) atoms. The summed E-state index contributed by atoms with van der Waals surface area (Å²) in [5.74, 6) is 1.58. The van der Waals surface area contributed by atoms with Crippen LogP contribution in [0.4, 0.5) is 0 Å². The maximum atomic E-state index is 14.6. The lowest BCUT2D eigenvalue weighted by atomic mass is 10.1. The smallest absolute Gasteiger partial charge is 0.171 e. The van der Waals surface area contributed by atoms with Crippen LogP contribution in [0.1, 0.15) is 0 Å². The van der Waals surface area contributed by atoms with E-state index < -0.39 is 7.14 Å². The second-order valence-corrected chi connectivity index (χ2v) is 10.5. The summed E-state index contributed by atoms with van der Waals surface area (Å²) in [5.41, 5.74) is 2.07. The molecule has 0 aromatic heterocycles. The molecule has 0 aliphatic rings. The highest BCUT2D eigenvalue weighted by Gasteiger charge is 2.29. The van der Waals surface area contributed by atoms with E-state index in [-0.39, 0.29) is 0 Å². The Balaban J connectivity index is 1.52. The van der Waals surface area contributed by atoms with Crippen molar-refractivity contribution >= 4 is 23.1 Å². The van der Waals surface area contributed by atoms with Gasteiger partial charge in [0.1, 0.15) is 11.5 Å². The van der Waals surface area contributed by atoms with Crippen LogP contribution in [0.15, 0.2) is 140 Å². The van der Waals surface area contributed by atoms with Crippen molar-refractivity contribution in [2.45, 2.75) is 0 Å². The molecule has 0 aliphatic carbocycles. The number of benzene rings is 5. The van der Waals surface area contributed by atoms with Gasteiger partial charge in [0.2, 0.25) is 0 Å². The highest BCUT2D eigenvalue weighted by Crippen LogP contribution is 2.43. The van der Waals surface area contributed by atoms with E-state index in [0.717, 1.165) is 38.5 Å². The van der Waals surface area contributed by atoms with Gasteiger partial charge in [-0.1, -0.05) is 109 Å². The zero-order valence-electron chi connectivity index (χ0n) is 18.0. The normalized spacial score (nSPS) is 11.2. The van der Waals surface area contributed by atoms with Crippen molar-refractivity contribution in [1.82, 2.24) is 0 Å². The average Bonchev–Trinajstić information content (AvgIpc) is 2.90. The molecule has 0 unspecified atom stereocenters. The van der Waals surface area contributed by atoms with E-state index in [9.17, 15) is 4.57 Å². The first-order chi connectivity index (χ1) is 16.2. The SMILES string of the molecule is O=P(c1ccccc1)(c1ccccc1)c1cccc(-c2ccc(Oc3ccccc3)cc2)c1. The van der Waals surface area contributed by atoms with Crippen LogP contribution in [-0.4, -0.2) is 0 Å². The molecule has 0 fully saturated rings. The van der Waals surface area contributed by atoms with Crippen LogP contribution in [0.5, 0.6) is 11.5 Å². The van der Waals surface area contributed by atoms with Crippen molar-refractivity contribution in [3.8, 4) is 22.6 Å². The first-order valence-corrected chi connectivity index (χ1v) is 12.6. The van der Waals surface area contributed by atoms with E-state index in [0.29, 0.717) is 0 Å². The van der Waals surface area contributed by atoms with Gasteiger partial charge in [-0.15, -0.1) is 0 Å². The monoisotopic (exact) mass is 446 g/mol. The number of hydrogen-bond donors (Lipinski definition) is 0. The molecule has 5 rings (SSSR count). The fourth-order valence-electron chi connectivity index (χ4n) is 3.94. The highest BCUT2D eigenvalue weighted by atomic mass is 31.2. The first kappa shape index (κ1) is 21.0. The van der Waals surface area contributed by atoms with Crippen molar-refractivity contribution in [2.75, 3.05) is 0 Å². The molecule has 0 atom stereocenters. The van der Waals surface area contributed by atoms with E-state index in [1.165, 1.54) is 0 Å². The molecule has 0 N–H and O–H groups in total. The fraction of sp³-hybridized carbons (Fsp3) is 0. The van der Waals surface area contributed by atoms with Crippen LogP contribution in [0.3, 0.4) is 0 Å². The van der Waals surface area contributed by atoms with Crippen molar-refractivity contribution in [3.63, 3.8) is 0 Å². The molecule has 0 aliphatic heterocycles. The summed E-state index contributed by atoms with van der Waals surface area (Å²) in [6.07, 6.45) is 0. The second kappa shape index (κ2) is 9.32. The zero-order chi connectivity index (χ0) is 22.5. The number of hydrogen-bond acceptors (Lipinski definition) is 2. The van der Waals surface area contributed by atoms with E-state index in [4.69, 9.17) is 4.74 Å². The first-order valence-electron chi connectivity index (χ1n) is 10.9. The molecule has 3 heteroatoms. The minimum absolute atomic E-state index is 0.778. The minimum Gasteiger partial charge on any atom is -0.457 e. The molecular formula is C30H23O2P. The molecular weight excluding hydrogens is 423 g/mol. The predicted molar refractivity (Wildman–Crippen MR) is 138 cm³/mol. The molecule has 0 radical (unpaired) electrons. The van der Waals surface area contributed by atoms with Crippen LogP contribution >= 0.6 is 7.14 Å². The number of ether oxygens (including phenoxy) is 1. The second-order valence-electron chi connectivity index (χ2n) is 7.77. The van der Waals surface area contributed by atoms with E-state index >= 15 is 0 Å².